The maximum Gasteiger partial charge on any atom is 0.202 e. The summed E-state index contributed by atoms with van der Waals surface area (Å²) in [6, 6.07) is 21.0. The SMILES string of the molecule is C1=C(c2ccccc2)CC[C@]2(c3ccccc3)OOC3(CCCC3)O[C@H]12. The number of hydrogen-bond donors (Lipinski definition) is 0. The molecule has 26 heavy (non-hydrogen) atoms. The van der Waals surface area contributed by atoms with Gasteiger partial charge in [-0.25, -0.2) is 9.78 Å². The van der Waals surface area contributed by atoms with E-state index in [1.807, 2.05) is 6.07 Å². The summed E-state index contributed by atoms with van der Waals surface area (Å²) in [4.78, 5) is 12.2. The van der Waals surface area contributed by atoms with Crippen molar-refractivity contribution >= 4 is 5.57 Å². The van der Waals surface area contributed by atoms with Gasteiger partial charge in [0.25, 0.3) is 0 Å². The highest BCUT2D eigenvalue weighted by atomic mass is 17.2. The summed E-state index contributed by atoms with van der Waals surface area (Å²) in [5.74, 6) is -0.571. The average Bonchev–Trinajstić information content (AvgIpc) is 3.17. The third-order valence-corrected chi connectivity index (χ3v) is 6.03. The van der Waals surface area contributed by atoms with Crippen LogP contribution in [0.1, 0.15) is 49.7 Å². The van der Waals surface area contributed by atoms with E-state index < -0.39 is 11.4 Å². The molecule has 3 aliphatic rings. The normalized spacial score (nSPS) is 30.0. The molecular formula is C23H24O3. The summed E-state index contributed by atoms with van der Waals surface area (Å²) in [5, 5.41) is 0. The van der Waals surface area contributed by atoms with Crippen molar-refractivity contribution in [1.82, 2.24) is 0 Å². The third kappa shape index (κ3) is 2.62. The molecule has 134 valence electrons. The van der Waals surface area contributed by atoms with Gasteiger partial charge in [-0.05, 0) is 48.5 Å². The minimum atomic E-state index is -0.571. The van der Waals surface area contributed by atoms with E-state index in [9.17, 15) is 0 Å². The zero-order chi connectivity index (χ0) is 17.5. The Balaban J connectivity index is 1.56. The van der Waals surface area contributed by atoms with Crippen molar-refractivity contribution in [3.63, 3.8) is 0 Å². The highest BCUT2D eigenvalue weighted by molar-refractivity contribution is 5.67. The first-order valence-electron chi connectivity index (χ1n) is 9.66. The summed E-state index contributed by atoms with van der Waals surface area (Å²) in [5.41, 5.74) is 3.17. The van der Waals surface area contributed by atoms with Crippen LogP contribution in [0.5, 0.6) is 0 Å². The van der Waals surface area contributed by atoms with Gasteiger partial charge in [0.2, 0.25) is 5.79 Å². The van der Waals surface area contributed by atoms with Crippen molar-refractivity contribution < 1.29 is 14.5 Å². The molecule has 1 spiro atoms. The van der Waals surface area contributed by atoms with E-state index in [4.69, 9.17) is 14.5 Å². The lowest BCUT2D eigenvalue weighted by Gasteiger charge is -2.50. The van der Waals surface area contributed by atoms with Gasteiger partial charge >= 0.3 is 0 Å². The molecule has 3 nitrogen and oxygen atoms in total. The first-order valence-corrected chi connectivity index (χ1v) is 9.66. The first kappa shape index (κ1) is 16.2. The van der Waals surface area contributed by atoms with E-state index in [2.05, 4.69) is 60.7 Å². The molecule has 0 bridgehead atoms. The van der Waals surface area contributed by atoms with Crippen LogP contribution in [0.2, 0.25) is 0 Å². The summed E-state index contributed by atoms with van der Waals surface area (Å²) < 4.78 is 6.62. The van der Waals surface area contributed by atoms with E-state index in [0.717, 1.165) is 44.1 Å². The van der Waals surface area contributed by atoms with E-state index in [-0.39, 0.29) is 6.10 Å². The standard InChI is InChI=1S/C23H24O3/c1-3-9-18(10-4-1)19-13-16-23(20-11-5-2-6-12-20)21(17-19)24-22(25-26-23)14-7-8-15-22/h1-6,9-12,17,21H,7-8,13-16H2/t21-,23-/m1/s1. The Morgan fingerprint density at radius 2 is 1.46 bits per heavy atom. The van der Waals surface area contributed by atoms with Crippen molar-refractivity contribution in [2.24, 2.45) is 0 Å². The summed E-state index contributed by atoms with van der Waals surface area (Å²) in [6.45, 7) is 0. The molecule has 0 aromatic heterocycles. The topological polar surface area (TPSA) is 27.7 Å². The Morgan fingerprint density at radius 3 is 2.19 bits per heavy atom. The second kappa shape index (κ2) is 6.34. The maximum atomic E-state index is 6.62. The average molecular weight is 348 g/mol. The van der Waals surface area contributed by atoms with Gasteiger partial charge in [-0.2, -0.15) is 0 Å². The Bertz CT molecular complexity index is 793. The maximum absolute atomic E-state index is 6.62. The molecule has 2 fully saturated rings. The second-order valence-corrected chi connectivity index (χ2v) is 7.64. The Kier molecular flexibility index (Phi) is 3.96. The van der Waals surface area contributed by atoms with Crippen molar-refractivity contribution in [3.05, 3.63) is 77.9 Å². The van der Waals surface area contributed by atoms with Crippen LogP contribution in [0.15, 0.2) is 66.7 Å². The Morgan fingerprint density at radius 1 is 0.769 bits per heavy atom. The molecule has 2 aromatic rings. The highest BCUT2D eigenvalue weighted by Crippen LogP contribution is 2.51. The number of hydrogen-bond acceptors (Lipinski definition) is 3. The van der Waals surface area contributed by atoms with Gasteiger partial charge in [-0.1, -0.05) is 60.7 Å². The van der Waals surface area contributed by atoms with Crippen LogP contribution in [-0.4, -0.2) is 11.9 Å². The fourth-order valence-electron chi connectivity index (χ4n) is 4.57. The minimum Gasteiger partial charge on any atom is -0.336 e. The molecule has 2 aliphatic carbocycles. The van der Waals surface area contributed by atoms with Crippen LogP contribution < -0.4 is 0 Å². The van der Waals surface area contributed by atoms with Crippen LogP contribution >= 0.6 is 0 Å². The van der Waals surface area contributed by atoms with E-state index in [1.54, 1.807) is 0 Å². The molecule has 2 aromatic carbocycles. The molecule has 3 heteroatoms. The zero-order valence-corrected chi connectivity index (χ0v) is 14.9. The first-order chi connectivity index (χ1) is 12.8. The fraction of sp³-hybridized carbons (Fsp3) is 0.391. The summed E-state index contributed by atoms with van der Waals surface area (Å²) >= 11 is 0. The Labute approximate surface area is 154 Å². The van der Waals surface area contributed by atoms with Crippen LogP contribution in [0.4, 0.5) is 0 Å². The van der Waals surface area contributed by atoms with Crippen LogP contribution in [0.25, 0.3) is 5.57 Å². The van der Waals surface area contributed by atoms with E-state index >= 15 is 0 Å². The van der Waals surface area contributed by atoms with Gasteiger partial charge in [0.15, 0.2) is 5.60 Å². The van der Waals surface area contributed by atoms with Crippen LogP contribution in [-0.2, 0) is 20.1 Å². The molecule has 0 radical (unpaired) electrons. The molecule has 5 rings (SSSR count). The van der Waals surface area contributed by atoms with E-state index in [1.165, 1.54) is 11.1 Å². The largest absolute Gasteiger partial charge is 0.336 e. The van der Waals surface area contributed by atoms with Crippen molar-refractivity contribution in [2.45, 2.75) is 56.0 Å². The molecule has 0 unspecified atom stereocenters. The summed E-state index contributed by atoms with van der Waals surface area (Å²) in [7, 11) is 0. The molecule has 2 atom stereocenters. The van der Waals surface area contributed by atoms with Crippen LogP contribution in [0.3, 0.4) is 0 Å². The van der Waals surface area contributed by atoms with Gasteiger partial charge in [0.1, 0.15) is 6.10 Å². The lowest BCUT2D eigenvalue weighted by molar-refractivity contribution is -0.528. The number of ether oxygens (including phenoxy) is 1. The molecule has 0 amide bonds. The fourth-order valence-corrected chi connectivity index (χ4v) is 4.57. The highest BCUT2D eigenvalue weighted by Gasteiger charge is 2.55. The lowest BCUT2D eigenvalue weighted by atomic mass is 9.76. The molecule has 1 saturated carbocycles. The number of allylic oxidation sites excluding steroid dienone is 1. The van der Waals surface area contributed by atoms with Gasteiger partial charge in [0.05, 0.1) is 0 Å². The number of fused-ring (bicyclic) bond motifs is 1. The minimum absolute atomic E-state index is 0.138. The molecular weight excluding hydrogens is 324 g/mol. The number of benzene rings is 2. The molecule has 1 aliphatic heterocycles. The predicted octanol–water partition coefficient (Wildman–Crippen LogP) is 5.38. The van der Waals surface area contributed by atoms with Gasteiger partial charge in [-0.3, -0.25) is 0 Å². The smallest absolute Gasteiger partial charge is 0.202 e. The molecule has 1 heterocycles. The van der Waals surface area contributed by atoms with Crippen LogP contribution in [0, 0.1) is 0 Å². The van der Waals surface area contributed by atoms with Gasteiger partial charge in [-0.15, -0.1) is 0 Å². The van der Waals surface area contributed by atoms with Crippen molar-refractivity contribution in [3.8, 4) is 0 Å². The predicted molar refractivity (Wildman–Crippen MR) is 100 cm³/mol. The van der Waals surface area contributed by atoms with Crippen molar-refractivity contribution in [2.75, 3.05) is 0 Å². The summed E-state index contributed by atoms with van der Waals surface area (Å²) in [6.07, 6.45) is 7.99. The second-order valence-electron chi connectivity index (χ2n) is 7.64. The van der Waals surface area contributed by atoms with Gasteiger partial charge in [0, 0.05) is 12.8 Å². The third-order valence-electron chi connectivity index (χ3n) is 6.03. The van der Waals surface area contributed by atoms with E-state index in [0.29, 0.717) is 0 Å². The zero-order valence-electron chi connectivity index (χ0n) is 14.9. The molecule has 0 N–H and O–H groups in total. The Hall–Kier alpha value is -1.94. The van der Waals surface area contributed by atoms with Gasteiger partial charge < -0.3 is 4.74 Å². The number of rotatable bonds is 2. The quantitative estimate of drug-likeness (QED) is 0.682. The molecule has 1 saturated heterocycles. The monoisotopic (exact) mass is 348 g/mol. The van der Waals surface area contributed by atoms with Crippen molar-refractivity contribution in [1.29, 1.82) is 0 Å². The lowest BCUT2D eigenvalue weighted by Crippen LogP contribution is -2.55.